The van der Waals surface area contributed by atoms with Crippen LogP contribution in [0.4, 0.5) is 0 Å². The van der Waals surface area contributed by atoms with E-state index in [-0.39, 0.29) is 5.41 Å². The SMILES string of the molecule is CCCC1(c2nc(CC(C)C)no2)CCNCC1. The summed E-state index contributed by atoms with van der Waals surface area (Å²) in [6.45, 7) is 8.71. The summed E-state index contributed by atoms with van der Waals surface area (Å²) in [7, 11) is 0. The fraction of sp³-hybridized carbons (Fsp3) is 0.857. The quantitative estimate of drug-likeness (QED) is 0.874. The number of piperidine rings is 1. The van der Waals surface area contributed by atoms with Crippen LogP contribution in [-0.4, -0.2) is 23.2 Å². The van der Waals surface area contributed by atoms with Gasteiger partial charge in [0.15, 0.2) is 5.82 Å². The van der Waals surface area contributed by atoms with Gasteiger partial charge in [-0.3, -0.25) is 0 Å². The van der Waals surface area contributed by atoms with Crippen LogP contribution in [0.2, 0.25) is 0 Å². The molecule has 18 heavy (non-hydrogen) atoms. The lowest BCUT2D eigenvalue weighted by atomic mass is 9.75. The van der Waals surface area contributed by atoms with Crippen molar-refractivity contribution in [3.05, 3.63) is 11.7 Å². The zero-order valence-corrected chi connectivity index (χ0v) is 11.8. The lowest BCUT2D eigenvalue weighted by Crippen LogP contribution is -2.40. The van der Waals surface area contributed by atoms with E-state index >= 15 is 0 Å². The minimum atomic E-state index is 0.127. The van der Waals surface area contributed by atoms with E-state index in [9.17, 15) is 0 Å². The maximum absolute atomic E-state index is 5.57. The molecule has 2 rings (SSSR count). The third-order valence-corrected chi connectivity index (χ3v) is 3.80. The Balaban J connectivity index is 2.17. The Morgan fingerprint density at radius 2 is 2.06 bits per heavy atom. The molecule has 0 aromatic carbocycles. The topological polar surface area (TPSA) is 51.0 Å². The minimum absolute atomic E-state index is 0.127. The summed E-state index contributed by atoms with van der Waals surface area (Å²) in [5.41, 5.74) is 0.127. The fourth-order valence-corrected chi connectivity index (χ4v) is 2.87. The second kappa shape index (κ2) is 5.83. The third-order valence-electron chi connectivity index (χ3n) is 3.80. The first-order valence-electron chi connectivity index (χ1n) is 7.20. The first kappa shape index (κ1) is 13.5. The minimum Gasteiger partial charge on any atom is -0.339 e. The average molecular weight is 251 g/mol. The van der Waals surface area contributed by atoms with Crippen molar-refractivity contribution in [2.45, 2.75) is 58.3 Å². The number of nitrogens with zero attached hydrogens (tertiary/aromatic N) is 2. The number of nitrogens with one attached hydrogen (secondary N) is 1. The molecule has 102 valence electrons. The van der Waals surface area contributed by atoms with Crippen LogP contribution in [0, 0.1) is 5.92 Å². The van der Waals surface area contributed by atoms with E-state index in [0.717, 1.165) is 50.5 Å². The van der Waals surface area contributed by atoms with Crippen LogP contribution >= 0.6 is 0 Å². The summed E-state index contributed by atoms with van der Waals surface area (Å²) in [5.74, 6) is 2.32. The molecule has 0 saturated carbocycles. The second-order valence-electron chi connectivity index (χ2n) is 5.89. The van der Waals surface area contributed by atoms with Crippen LogP contribution in [-0.2, 0) is 11.8 Å². The van der Waals surface area contributed by atoms with E-state index in [1.807, 2.05) is 0 Å². The Hall–Kier alpha value is -0.900. The van der Waals surface area contributed by atoms with Gasteiger partial charge in [-0.2, -0.15) is 4.98 Å². The fourth-order valence-electron chi connectivity index (χ4n) is 2.87. The van der Waals surface area contributed by atoms with Crippen molar-refractivity contribution in [3.63, 3.8) is 0 Å². The molecule has 0 aliphatic carbocycles. The molecule has 0 amide bonds. The summed E-state index contributed by atoms with van der Waals surface area (Å²) in [4.78, 5) is 4.66. The highest BCUT2D eigenvalue weighted by atomic mass is 16.5. The molecule has 0 bridgehead atoms. The number of rotatable bonds is 5. The van der Waals surface area contributed by atoms with Crippen molar-refractivity contribution in [2.75, 3.05) is 13.1 Å². The molecule has 0 radical (unpaired) electrons. The van der Waals surface area contributed by atoms with E-state index in [0.29, 0.717) is 5.92 Å². The standard InChI is InChI=1S/C14H25N3O/c1-4-5-14(6-8-15-9-7-14)13-16-12(17-18-13)10-11(2)3/h11,15H,4-10H2,1-3H3. The van der Waals surface area contributed by atoms with Gasteiger partial charge < -0.3 is 9.84 Å². The molecular formula is C14H25N3O. The molecule has 4 heteroatoms. The summed E-state index contributed by atoms with van der Waals surface area (Å²) in [6, 6.07) is 0. The zero-order chi connectivity index (χ0) is 13.0. The van der Waals surface area contributed by atoms with Crippen LogP contribution in [0.5, 0.6) is 0 Å². The maximum atomic E-state index is 5.57. The van der Waals surface area contributed by atoms with E-state index < -0.39 is 0 Å². The largest absolute Gasteiger partial charge is 0.339 e. The lowest BCUT2D eigenvalue weighted by Gasteiger charge is -2.34. The number of aromatic nitrogens is 2. The maximum Gasteiger partial charge on any atom is 0.232 e. The van der Waals surface area contributed by atoms with Gasteiger partial charge in [0.1, 0.15) is 0 Å². The Kier molecular flexibility index (Phi) is 4.38. The number of hydrogen-bond acceptors (Lipinski definition) is 4. The Bertz CT molecular complexity index is 361. The highest BCUT2D eigenvalue weighted by Crippen LogP contribution is 2.36. The van der Waals surface area contributed by atoms with Gasteiger partial charge in [-0.1, -0.05) is 32.3 Å². The van der Waals surface area contributed by atoms with Crippen molar-refractivity contribution < 1.29 is 4.52 Å². The summed E-state index contributed by atoms with van der Waals surface area (Å²) >= 11 is 0. The molecule has 1 aromatic heterocycles. The highest BCUT2D eigenvalue weighted by molar-refractivity contribution is 5.08. The number of hydrogen-bond donors (Lipinski definition) is 1. The summed E-state index contributed by atoms with van der Waals surface area (Å²) in [5, 5.41) is 7.57. The first-order valence-corrected chi connectivity index (χ1v) is 7.20. The van der Waals surface area contributed by atoms with Gasteiger partial charge in [0.05, 0.1) is 5.41 Å². The molecule has 1 aromatic rings. The van der Waals surface area contributed by atoms with Crippen LogP contribution in [0.25, 0.3) is 0 Å². The van der Waals surface area contributed by atoms with Crippen molar-refractivity contribution in [2.24, 2.45) is 5.92 Å². The van der Waals surface area contributed by atoms with Crippen molar-refractivity contribution in [3.8, 4) is 0 Å². The summed E-state index contributed by atoms with van der Waals surface area (Å²) < 4.78 is 5.57. The van der Waals surface area contributed by atoms with Crippen molar-refractivity contribution in [1.29, 1.82) is 0 Å². The van der Waals surface area contributed by atoms with E-state index in [4.69, 9.17) is 4.52 Å². The van der Waals surface area contributed by atoms with Crippen LogP contribution in [0.15, 0.2) is 4.52 Å². The molecule has 1 saturated heterocycles. The van der Waals surface area contributed by atoms with Crippen LogP contribution < -0.4 is 5.32 Å². The predicted octanol–water partition coefficient (Wildman–Crippen LogP) is 2.69. The van der Waals surface area contributed by atoms with Gasteiger partial charge in [-0.15, -0.1) is 0 Å². The van der Waals surface area contributed by atoms with E-state index in [2.05, 4.69) is 36.2 Å². The molecule has 1 N–H and O–H groups in total. The van der Waals surface area contributed by atoms with Gasteiger partial charge >= 0.3 is 0 Å². The molecule has 0 atom stereocenters. The molecule has 2 heterocycles. The average Bonchev–Trinajstić information content (AvgIpc) is 2.79. The van der Waals surface area contributed by atoms with Gasteiger partial charge in [0, 0.05) is 6.42 Å². The lowest BCUT2D eigenvalue weighted by molar-refractivity contribution is 0.208. The van der Waals surface area contributed by atoms with Gasteiger partial charge in [-0.25, -0.2) is 0 Å². The third kappa shape index (κ3) is 2.91. The Morgan fingerprint density at radius 1 is 1.33 bits per heavy atom. The molecule has 1 fully saturated rings. The zero-order valence-electron chi connectivity index (χ0n) is 11.8. The van der Waals surface area contributed by atoms with Crippen molar-refractivity contribution in [1.82, 2.24) is 15.5 Å². The van der Waals surface area contributed by atoms with Gasteiger partial charge in [0.25, 0.3) is 0 Å². The van der Waals surface area contributed by atoms with E-state index in [1.54, 1.807) is 0 Å². The predicted molar refractivity (Wildman–Crippen MR) is 71.5 cm³/mol. The van der Waals surface area contributed by atoms with Crippen molar-refractivity contribution >= 4 is 0 Å². The van der Waals surface area contributed by atoms with Crippen LogP contribution in [0.3, 0.4) is 0 Å². The highest BCUT2D eigenvalue weighted by Gasteiger charge is 2.38. The molecule has 0 spiro atoms. The normalized spacial score (nSPS) is 19.3. The molecule has 1 aliphatic heterocycles. The molecule has 0 unspecified atom stereocenters. The molecular weight excluding hydrogens is 226 g/mol. The van der Waals surface area contributed by atoms with Gasteiger partial charge in [0.2, 0.25) is 5.89 Å². The molecule has 1 aliphatic rings. The van der Waals surface area contributed by atoms with E-state index in [1.165, 1.54) is 6.42 Å². The Morgan fingerprint density at radius 3 is 2.67 bits per heavy atom. The Labute approximate surface area is 110 Å². The smallest absolute Gasteiger partial charge is 0.232 e. The monoisotopic (exact) mass is 251 g/mol. The summed E-state index contributed by atoms with van der Waals surface area (Å²) in [6.07, 6.45) is 5.46. The first-order chi connectivity index (χ1) is 8.66. The van der Waals surface area contributed by atoms with Gasteiger partial charge in [-0.05, 0) is 38.3 Å². The molecule has 4 nitrogen and oxygen atoms in total. The van der Waals surface area contributed by atoms with Crippen LogP contribution in [0.1, 0.15) is 58.2 Å². The second-order valence-corrected chi connectivity index (χ2v) is 5.89.